The van der Waals surface area contributed by atoms with Crippen LogP contribution < -0.4 is 16.2 Å². The standard InChI is InChI=1S/C15H22N4O/c1-9(2)5-10(3)19(4)14-7-13-11(6-12(14)16)15(20)18-8-17-13/h6-10H,5,16H2,1-4H3,(H,17,18,20). The Labute approximate surface area is 118 Å². The number of nitrogens with two attached hydrogens (primary N) is 1. The number of aromatic nitrogens is 2. The van der Waals surface area contributed by atoms with E-state index in [2.05, 4.69) is 35.6 Å². The van der Waals surface area contributed by atoms with Crippen LogP contribution in [0.5, 0.6) is 0 Å². The zero-order valence-corrected chi connectivity index (χ0v) is 12.5. The number of aromatic amines is 1. The molecule has 0 aliphatic rings. The van der Waals surface area contributed by atoms with E-state index in [1.165, 1.54) is 6.33 Å². The molecular weight excluding hydrogens is 252 g/mol. The number of nitrogens with one attached hydrogen (secondary N) is 1. The summed E-state index contributed by atoms with van der Waals surface area (Å²) in [4.78, 5) is 20.6. The molecule has 2 aromatic rings. The lowest BCUT2D eigenvalue weighted by Crippen LogP contribution is -2.30. The monoisotopic (exact) mass is 274 g/mol. The maximum Gasteiger partial charge on any atom is 0.258 e. The smallest absolute Gasteiger partial charge is 0.258 e. The average molecular weight is 274 g/mol. The molecule has 0 radical (unpaired) electrons. The molecular formula is C15H22N4O. The number of fused-ring (bicyclic) bond motifs is 1. The van der Waals surface area contributed by atoms with Gasteiger partial charge in [0.05, 0.1) is 28.6 Å². The van der Waals surface area contributed by atoms with E-state index in [-0.39, 0.29) is 5.56 Å². The number of hydrogen-bond acceptors (Lipinski definition) is 4. The van der Waals surface area contributed by atoms with Gasteiger partial charge < -0.3 is 15.6 Å². The highest BCUT2D eigenvalue weighted by Crippen LogP contribution is 2.28. The fourth-order valence-corrected chi connectivity index (χ4v) is 2.50. The second-order valence-corrected chi connectivity index (χ2v) is 5.75. The van der Waals surface area contributed by atoms with E-state index >= 15 is 0 Å². The quantitative estimate of drug-likeness (QED) is 0.839. The SMILES string of the molecule is CC(C)CC(C)N(C)c1cc2nc[nH]c(=O)c2cc1N. The molecule has 108 valence electrons. The topological polar surface area (TPSA) is 75.0 Å². The fraction of sp³-hybridized carbons (Fsp3) is 0.467. The molecule has 0 amide bonds. The van der Waals surface area contributed by atoms with Crippen LogP contribution in [0.4, 0.5) is 11.4 Å². The first-order valence-corrected chi connectivity index (χ1v) is 6.90. The number of rotatable bonds is 4. The van der Waals surface area contributed by atoms with Crippen LogP contribution in [0.15, 0.2) is 23.3 Å². The largest absolute Gasteiger partial charge is 0.397 e. The van der Waals surface area contributed by atoms with Crippen molar-refractivity contribution in [2.75, 3.05) is 17.7 Å². The minimum Gasteiger partial charge on any atom is -0.397 e. The molecule has 2 rings (SSSR count). The summed E-state index contributed by atoms with van der Waals surface area (Å²) in [6.07, 6.45) is 2.50. The average Bonchev–Trinajstić information content (AvgIpc) is 2.37. The number of anilines is 2. The van der Waals surface area contributed by atoms with E-state index in [0.717, 1.165) is 12.1 Å². The van der Waals surface area contributed by atoms with Gasteiger partial charge in [0.2, 0.25) is 0 Å². The zero-order chi connectivity index (χ0) is 14.9. The van der Waals surface area contributed by atoms with E-state index in [0.29, 0.717) is 28.6 Å². The van der Waals surface area contributed by atoms with Gasteiger partial charge in [0, 0.05) is 13.1 Å². The second kappa shape index (κ2) is 5.53. The van der Waals surface area contributed by atoms with Gasteiger partial charge in [0.15, 0.2) is 0 Å². The summed E-state index contributed by atoms with van der Waals surface area (Å²) in [5, 5.41) is 0.527. The third-order valence-corrected chi connectivity index (χ3v) is 3.64. The Morgan fingerprint density at radius 1 is 1.35 bits per heavy atom. The summed E-state index contributed by atoms with van der Waals surface area (Å²) in [6, 6.07) is 3.96. The molecule has 1 atom stereocenters. The Kier molecular flexibility index (Phi) is 3.97. The highest BCUT2D eigenvalue weighted by molar-refractivity contribution is 5.88. The molecule has 0 saturated heterocycles. The Balaban J connectivity index is 2.44. The maximum absolute atomic E-state index is 11.7. The van der Waals surface area contributed by atoms with Gasteiger partial charge in [-0.3, -0.25) is 4.79 Å². The van der Waals surface area contributed by atoms with Gasteiger partial charge in [-0.15, -0.1) is 0 Å². The van der Waals surface area contributed by atoms with Crippen molar-refractivity contribution < 1.29 is 0 Å². The predicted molar refractivity (Wildman–Crippen MR) is 84.1 cm³/mol. The molecule has 0 fully saturated rings. The van der Waals surface area contributed by atoms with E-state index in [1.807, 2.05) is 13.1 Å². The highest BCUT2D eigenvalue weighted by Gasteiger charge is 2.15. The Morgan fingerprint density at radius 2 is 2.05 bits per heavy atom. The van der Waals surface area contributed by atoms with Crippen LogP contribution in [-0.4, -0.2) is 23.1 Å². The number of nitrogens with zero attached hydrogens (tertiary/aromatic N) is 2. The van der Waals surface area contributed by atoms with Gasteiger partial charge >= 0.3 is 0 Å². The molecule has 0 aliphatic heterocycles. The molecule has 1 unspecified atom stereocenters. The molecule has 5 nitrogen and oxygen atoms in total. The zero-order valence-electron chi connectivity index (χ0n) is 12.5. The maximum atomic E-state index is 11.7. The highest BCUT2D eigenvalue weighted by atomic mass is 16.1. The Bertz CT molecular complexity index is 662. The van der Waals surface area contributed by atoms with Gasteiger partial charge in [-0.25, -0.2) is 4.98 Å². The van der Waals surface area contributed by atoms with Gasteiger partial charge in [0.1, 0.15) is 0 Å². The van der Waals surface area contributed by atoms with Gasteiger partial charge in [-0.05, 0) is 31.4 Å². The number of benzene rings is 1. The van der Waals surface area contributed by atoms with Gasteiger partial charge in [0.25, 0.3) is 5.56 Å². The van der Waals surface area contributed by atoms with Crippen molar-refractivity contribution in [1.29, 1.82) is 0 Å². The van der Waals surface area contributed by atoms with E-state index < -0.39 is 0 Å². The second-order valence-electron chi connectivity index (χ2n) is 5.75. The van der Waals surface area contributed by atoms with E-state index in [9.17, 15) is 4.79 Å². The number of hydrogen-bond donors (Lipinski definition) is 2. The lowest BCUT2D eigenvalue weighted by molar-refractivity contribution is 0.504. The Morgan fingerprint density at radius 3 is 2.70 bits per heavy atom. The predicted octanol–water partition coefficient (Wildman–Crippen LogP) is 2.38. The molecule has 1 heterocycles. The summed E-state index contributed by atoms with van der Waals surface area (Å²) in [5.41, 5.74) is 8.14. The Hall–Kier alpha value is -2.04. The molecule has 0 spiro atoms. The van der Waals surface area contributed by atoms with E-state index in [4.69, 9.17) is 5.73 Å². The summed E-state index contributed by atoms with van der Waals surface area (Å²) < 4.78 is 0. The lowest BCUT2D eigenvalue weighted by atomic mass is 10.0. The molecule has 20 heavy (non-hydrogen) atoms. The van der Waals surface area contributed by atoms with Gasteiger partial charge in [-0.1, -0.05) is 13.8 Å². The van der Waals surface area contributed by atoms with Crippen molar-refractivity contribution in [3.8, 4) is 0 Å². The van der Waals surface area contributed by atoms with Crippen LogP contribution in [0.2, 0.25) is 0 Å². The lowest BCUT2D eigenvalue weighted by Gasteiger charge is -2.29. The number of H-pyrrole nitrogens is 1. The minimum atomic E-state index is -0.161. The summed E-state index contributed by atoms with van der Waals surface area (Å²) >= 11 is 0. The van der Waals surface area contributed by atoms with Crippen LogP contribution in [0, 0.1) is 5.92 Å². The van der Waals surface area contributed by atoms with Crippen LogP contribution >= 0.6 is 0 Å². The summed E-state index contributed by atoms with van der Waals surface area (Å²) in [7, 11) is 2.03. The van der Waals surface area contributed by atoms with Crippen molar-refractivity contribution >= 4 is 22.3 Å². The van der Waals surface area contributed by atoms with Crippen LogP contribution in [-0.2, 0) is 0 Å². The molecule has 0 aliphatic carbocycles. The molecule has 1 aromatic heterocycles. The van der Waals surface area contributed by atoms with Crippen molar-refractivity contribution in [3.63, 3.8) is 0 Å². The normalized spacial score (nSPS) is 12.8. The van der Waals surface area contributed by atoms with Crippen LogP contribution in [0.25, 0.3) is 10.9 Å². The third-order valence-electron chi connectivity index (χ3n) is 3.64. The van der Waals surface area contributed by atoms with Crippen molar-refractivity contribution in [3.05, 3.63) is 28.8 Å². The first-order valence-electron chi connectivity index (χ1n) is 6.90. The summed E-state index contributed by atoms with van der Waals surface area (Å²) in [5.74, 6) is 0.620. The van der Waals surface area contributed by atoms with Crippen molar-refractivity contribution in [2.45, 2.75) is 33.2 Å². The minimum absolute atomic E-state index is 0.161. The van der Waals surface area contributed by atoms with E-state index in [1.54, 1.807) is 6.07 Å². The van der Waals surface area contributed by atoms with Gasteiger partial charge in [-0.2, -0.15) is 0 Å². The molecule has 0 bridgehead atoms. The van der Waals surface area contributed by atoms with Crippen molar-refractivity contribution in [1.82, 2.24) is 9.97 Å². The van der Waals surface area contributed by atoms with Crippen LogP contribution in [0.1, 0.15) is 27.2 Å². The first kappa shape index (κ1) is 14.4. The van der Waals surface area contributed by atoms with Crippen LogP contribution in [0.3, 0.4) is 0 Å². The molecule has 1 aromatic carbocycles. The summed E-state index contributed by atoms with van der Waals surface area (Å²) in [6.45, 7) is 6.58. The molecule has 3 N–H and O–H groups in total. The molecule has 0 saturated carbocycles. The van der Waals surface area contributed by atoms with Crippen molar-refractivity contribution in [2.24, 2.45) is 5.92 Å². The fourth-order valence-electron chi connectivity index (χ4n) is 2.50. The third kappa shape index (κ3) is 2.76. The first-order chi connectivity index (χ1) is 9.40. The molecule has 5 heteroatoms. The number of nitrogen functional groups attached to an aromatic ring is 1.